The number of carbonyl (C=O) groups is 1. The number of piperidine rings is 1. The summed E-state index contributed by atoms with van der Waals surface area (Å²) < 4.78 is 12.7. The molecule has 2 unspecified atom stereocenters. The van der Waals surface area contributed by atoms with Gasteiger partial charge in [0.25, 0.3) is 0 Å². The van der Waals surface area contributed by atoms with Crippen molar-refractivity contribution in [2.45, 2.75) is 37.8 Å². The number of fused-ring (bicyclic) bond motifs is 1. The molecule has 0 radical (unpaired) electrons. The lowest BCUT2D eigenvalue weighted by molar-refractivity contribution is -0.129. The van der Waals surface area contributed by atoms with Crippen molar-refractivity contribution in [1.29, 1.82) is 0 Å². The number of nitrogens with one attached hydrogen (secondary N) is 1. The Hall–Kier alpha value is -1.65. The van der Waals surface area contributed by atoms with Crippen LogP contribution in [0.1, 0.15) is 25.7 Å². The number of hydrogen-bond acceptors (Lipinski definition) is 3. The smallest absolute Gasteiger partial charge is 0.225 e. The van der Waals surface area contributed by atoms with E-state index in [2.05, 4.69) is 10.3 Å². The van der Waals surface area contributed by atoms with Crippen molar-refractivity contribution in [3.63, 3.8) is 0 Å². The third kappa shape index (κ3) is 2.05. The van der Waals surface area contributed by atoms with E-state index in [0.717, 1.165) is 25.1 Å². The second-order valence-corrected chi connectivity index (χ2v) is 4.97. The summed E-state index contributed by atoms with van der Waals surface area (Å²) in [4.78, 5) is 17.5. The minimum absolute atomic E-state index is 0.130. The van der Waals surface area contributed by atoms with E-state index in [9.17, 15) is 9.18 Å². The molecule has 2 fully saturated rings. The summed E-state index contributed by atoms with van der Waals surface area (Å²) in [5, 5.41) is 3.31. The van der Waals surface area contributed by atoms with Crippen LogP contribution >= 0.6 is 0 Å². The van der Waals surface area contributed by atoms with Crippen LogP contribution in [0.25, 0.3) is 0 Å². The van der Waals surface area contributed by atoms with Crippen LogP contribution < -0.4 is 5.32 Å². The van der Waals surface area contributed by atoms with Gasteiger partial charge in [0, 0.05) is 13.0 Å². The molecular weight excluding hydrogens is 233 g/mol. The van der Waals surface area contributed by atoms with Gasteiger partial charge in [-0.2, -0.15) is 4.39 Å². The first-order valence-electron chi connectivity index (χ1n) is 6.41. The molecule has 2 aliphatic rings. The van der Waals surface area contributed by atoms with Crippen LogP contribution in [0.3, 0.4) is 0 Å². The van der Waals surface area contributed by atoms with E-state index >= 15 is 0 Å². The molecule has 1 N–H and O–H groups in total. The van der Waals surface area contributed by atoms with Crippen LogP contribution in [0.5, 0.6) is 0 Å². The predicted molar refractivity (Wildman–Crippen MR) is 65.6 cm³/mol. The minimum atomic E-state index is -0.484. The summed E-state index contributed by atoms with van der Waals surface area (Å²) >= 11 is 0. The molecule has 0 aliphatic carbocycles. The number of halogens is 1. The van der Waals surface area contributed by atoms with Crippen molar-refractivity contribution in [3.05, 3.63) is 24.3 Å². The molecule has 0 bridgehead atoms. The Morgan fingerprint density at radius 2 is 2.28 bits per heavy atom. The van der Waals surface area contributed by atoms with E-state index in [4.69, 9.17) is 0 Å². The molecule has 1 aromatic heterocycles. The zero-order valence-corrected chi connectivity index (χ0v) is 10.1. The summed E-state index contributed by atoms with van der Waals surface area (Å²) in [6, 6.07) is 3.41. The quantitative estimate of drug-likeness (QED) is 0.813. The van der Waals surface area contributed by atoms with Crippen LogP contribution in [-0.4, -0.2) is 34.4 Å². The molecule has 2 aliphatic heterocycles. The first-order valence-corrected chi connectivity index (χ1v) is 6.41. The van der Waals surface area contributed by atoms with Crippen LogP contribution in [0, 0.1) is 5.95 Å². The molecule has 3 rings (SSSR count). The molecular formula is C13H16FN3O. The fourth-order valence-electron chi connectivity index (χ4n) is 2.95. The van der Waals surface area contributed by atoms with Crippen molar-refractivity contribution >= 4 is 11.6 Å². The van der Waals surface area contributed by atoms with Gasteiger partial charge >= 0.3 is 0 Å². The van der Waals surface area contributed by atoms with E-state index in [1.165, 1.54) is 18.7 Å². The highest BCUT2D eigenvalue weighted by molar-refractivity contribution is 5.81. The fourth-order valence-corrected chi connectivity index (χ4v) is 2.95. The van der Waals surface area contributed by atoms with E-state index in [-0.39, 0.29) is 18.0 Å². The van der Waals surface area contributed by atoms with Gasteiger partial charge in [-0.25, -0.2) is 4.98 Å². The maximum absolute atomic E-state index is 12.7. The van der Waals surface area contributed by atoms with Gasteiger partial charge in [0.2, 0.25) is 11.9 Å². The molecule has 5 heteroatoms. The summed E-state index contributed by atoms with van der Waals surface area (Å²) in [7, 11) is 0. The number of hydrogen-bond donors (Lipinski definition) is 1. The highest BCUT2D eigenvalue weighted by Gasteiger charge is 2.40. The molecule has 0 spiro atoms. The van der Waals surface area contributed by atoms with Crippen LogP contribution in [0.2, 0.25) is 0 Å². The number of rotatable bonds is 2. The lowest BCUT2D eigenvalue weighted by atomic mass is 9.99. The molecule has 3 heterocycles. The third-order valence-corrected chi connectivity index (χ3v) is 3.81. The van der Waals surface area contributed by atoms with Gasteiger partial charge in [-0.3, -0.25) is 4.79 Å². The van der Waals surface area contributed by atoms with Crippen molar-refractivity contribution in [2.24, 2.45) is 0 Å². The predicted octanol–water partition coefficient (Wildman–Crippen LogP) is 1.79. The first kappa shape index (κ1) is 11.4. The summed E-state index contributed by atoms with van der Waals surface area (Å²) in [6.07, 6.45) is 5.34. The van der Waals surface area contributed by atoms with E-state index in [1.807, 2.05) is 4.90 Å². The Bertz CT molecular complexity index is 448. The Labute approximate surface area is 105 Å². The third-order valence-electron chi connectivity index (χ3n) is 3.81. The van der Waals surface area contributed by atoms with Gasteiger partial charge < -0.3 is 10.2 Å². The monoisotopic (exact) mass is 249 g/mol. The van der Waals surface area contributed by atoms with E-state index < -0.39 is 5.95 Å². The van der Waals surface area contributed by atoms with Crippen molar-refractivity contribution in [3.8, 4) is 0 Å². The molecule has 4 nitrogen and oxygen atoms in total. The molecule has 1 aromatic rings. The summed E-state index contributed by atoms with van der Waals surface area (Å²) in [5.74, 6) is -0.255. The number of nitrogens with zero attached hydrogens (tertiary/aromatic N) is 2. The van der Waals surface area contributed by atoms with Crippen molar-refractivity contribution in [2.75, 3.05) is 11.9 Å². The summed E-state index contributed by atoms with van der Waals surface area (Å²) in [6.45, 7) is 0.878. The molecule has 96 valence electrons. The van der Waals surface area contributed by atoms with Gasteiger partial charge in [0.15, 0.2) is 0 Å². The van der Waals surface area contributed by atoms with Crippen LogP contribution in [0.15, 0.2) is 18.3 Å². The Balaban J connectivity index is 1.73. The zero-order valence-electron chi connectivity index (χ0n) is 10.1. The highest BCUT2D eigenvalue weighted by atomic mass is 19.1. The standard InChI is InChI=1S/C13H16FN3O/c14-12-5-4-9(8-15-12)16-10-7-13(18)17-6-2-1-3-11(10)17/h4-5,8,10-11,16H,1-3,6-7H2. The van der Waals surface area contributed by atoms with E-state index in [0.29, 0.717) is 6.42 Å². The van der Waals surface area contributed by atoms with Gasteiger partial charge in [0.05, 0.1) is 24.0 Å². The average molecular weight is 249 g/mol. The normalized spacial score (nSPS) is 27.2. The van der Waals surface area contributed by atoms with Gasteiger partial charge in [-0.1, -0.05) is 0 Å². The van der Waals surface area contributed by atoms with Crippen LogP contribution in [-0.2, 0) is 4.79 Å². The first-order chi connectivity index (χ1) is 8.74. The van der Waals surface area contributed by atoms with Gasteiger partial charge in [0.1, 0.15) is 0 Å². The minimum Gasteiger partial charge on any atom is -0.378 e. The SMILES string of the molecule is O=C1CC(Nc2ccc(F)nc2)C2CCCCN12. The number of amides is 1. The Morgan fingerprint density at radius 3 is 3.06 bits per heavy atom. The second-order valence-electron chi connectivity index (χ2n) is 4.97. The Kier molecular flexibility index (Phi) is 2.89. The number of carbonyl (C=O) groups excluding carboxylic acids is 1. The van der Waals surface area contributed by atoms with E-state index in [1.54, 1.807) is 6.07 Å². The fraction of sp³-hybridized carbons (Fsp3) is 0.538. The second kappa shape index (κ2) is 4.55. The molecule has 0 aromatic carbocycles. The Morgan fingerprint density at radius 1 is 1.39 bits per heavy atom. The maximum atomic E-state index is 12.7. The molecule has 0 saturated carbocycles. The zero-order chi connectivity index (χ0) is 12.5. The van der Waals surface area contributed by atoms with Crippen molar-refractivity contribution in [1.82, 2.24) is 9.88 Å². The van der Waals surface area contributed by atoms with Gasteiger partial charge in [-0.15, -0.1) is 0 Å². The molecule has 1 amide bonds. The number of anilines is 1. The number of pyridine rings is 1. The maximum Gasteiger partial charge on any atom is 0.225 e. The molecule has 2 saturated heterocycles. The largest absolute Gasteiger partial charge is 0.378 e. The lowest BCUT2D eigenvalue weighted by Gasteiger charge is -2.32. The van der Waals surface area contributed by atoms with Crippen molar-refractivity contribution < 1.29 is 9.18 Å². The highest BCUT2D eigenvalue weighted by Crippen LogP contribution is 2.30. The van der Waals surface area contributed by atoms with Gasteiger partial charge in [-0.05, 0) is 31.4 Å². The number of aromatic nitrogens is 1. The topological polar surface area (TPSA) is 45.2 Å². The summed E-state index contributed by atoms with van der Waals surface area (Å²) in [5.41, 5.74) is 0.779. The average Bonchev–Trinajstić information content (AvgIpc) is 2.70. The lowest BCUT2D eigenvalue weighted by Crippen LogP contribution is -2.42. The van der Waals surface area contributed by atoms with Crippen LogP contribution in [0.4, 0.5) is 10.1 Å². The molecule has 2 atom stereocenters. The molecule has 18 heavy (non-hydrogen) atoms.